The number of hydrogen-bond acceptors (Lipinski definition) is 3. The van der Waals surface area contributed by atoms with E-state index in [0.29, 0.717) is 13.1 Å². The van der Waals surface area contributed by atoms with Crippen LogP contribution in [-0.2, 0) is 10.0 Å². The van der Waals surface area contributed by atoms with E-state index in [1.54, 1.807) is 0 Å². The normalized spacial score (nSPS) is 26.2. The number of nitrogens with one attached hydrogen (secondary N) is 1. The van der Waals surface area contributed by atoms with Crippen LogP contribution >= 0.6 is 24.0 Å². The predicted molar refractivity (Wildman–Crippen MR) is 82.0 cm³/mol. The third kappa shape index (κ3) is 3.05. The number of halogens is 3. The molecule has 1 spiro atoms. The Morgan fingerprint density at radius 1 is 1.33 bits per heavy atom. The molecular formula is C13H17Cl2FN2O2S. The first-order chi connectivity index (χ1) is 9.43. The van der Waals surface area contributed by atoms with Gasteiger partial charge in [-0.15, -0.1) is 12.4 Å². The summed E-state index contributed by atoms with van der Waals surface area (Å²) in [4.78, 5) is -0.326. The van der Waals surface area contributed by atoms with Crippen LogP contribution in [0.3, 0.4) is 0 Å². The van der Waals surface area contributed by atoms with E-state index in [9.17, 15) is 12.8 Å². The molecule has 2 aliphatic heterocycles. The number of nitrogens with zero attached hydrogens (tertiary/aromatic N) is 1. The molecule has 2 aliphatic rings. The molecule has 1 aromatic carbocycles. The van der Waals surface area contributed by atoms with E-state index in [0.717, 1.165) is 32.0 Å². The van der Waals surface area contributed by atoms with Gasteiger partial charge in [-0.2, -0.15) is 4.31 Å². The highest BCUT2D eigenvalue weighted by Crippen LogP contribution is 2.38. The van der Waals surface area contributed by atoms with Crippen LogP contribution in [0.4, 0.5) is 4.39 Å². The van der Waals surface area contributed by atoms with Crippen LogP contribution < -0.4 is 5.32 Å². The second-order valence-corrected chi connectivity index (χ2v) is 7.93. The highest BCUT2D eigenvalue weighted by molar-refractivity contribution is 7.89. The van der Waals surface area contributed by atoms with E-state index >= 15 is 0 Å². The summed E-state index contributed by atoms with van der Waals surface area (Å²) >= 11 is 5.79. The molecular weight excluding hydrogens is 338 g/mol. The first-order valence-corrected chi connectivity index (χ1v) is 8.41. The standard InChI is InChI=1S/C13H16ClFN2O2S.ClH/c14-10-1-2-11(15)12(7-10)20(18,19)17-6-4-13(9-17)3-5-16-8-13;/h1-2,7,16H,3-6,8-9H2;1H. The van der Waals surface area contributed by atoms with Gasteiger partial charge < -0.3 is 5.32 Å². The zero-order valence-electron chi connectivity index (χ0n) is 11.3. The lowest BCUT2D eigenvalue weighted by atomic mass is 9.87. The Morgan fingerprint density at radius 2 is 2.10 bits per heavy atom. The van der Waals surface area contributed by atoms with Crippen molar-refractivity contribution < 1.29 is 12.8 Å². The van der Waals surface area contributed by atoms with Crippen LogP contribution in [0.2, 0.25) is 5.02 Å². The molecule has 2 fully saturated rings. The Kier molecular flexibility index (Phi) is 4.85. The maximum absolute atomic E-state index is 13.8. The van der Waals surface area contributed by atoms with Gasteiger partial charge in [0.1, 0.15) is 10.7 Å². The molecule has 1 unspecified atom stereocenters. The average molecular weight is 355 g/mol. The van der Waals surface area contributed by atoms with Gasteiger partial charge in [0.15, 0.2) is 0 Å². The molecule has 0 aliphatic carbocycles. The van der Waals surface area contributed by atoms with Gasteiger partial charge in [-0.25, -0.2) is 12.8 Å². The Labute approximate surface area is 135 Å². The summed E-state index contributed by atoms with van der Waals surface area (Å²) < 4.78 is 40.3. The van der Waals surface area contributed by atoms with Crippen molar-refractivity contribution in [1.29, 1.82) is 0 Å². The lowest BCUT2D eigenvalue weighted by Crippen LogP contribution is -2.33. The van der Waals surface area contributed by atoms with Crippen LogP contribution in [0.15, 0.2) is 23.1 Å². The van der Waals surface area contributed by atoms with Gasteiger partial charge in [0, 0.05) is 24.7 Å². The van der Waals surface area contributed by atoms with Crippen molar-refractivity contribution in [2.75, 3.05) is 26.2 Å². The number of hydrogen-bond donors (Lipinski definition) is 1. The number of sulfonamides is 1. The number of rotatable bonds is 2. The Hall–Kier alpha value is -0.400. The lowest BCUT2D eigenvalue weighted by molar-refractivity contribution is 0.337. The van der Waals surface area contributed by atoms with Crippen molar-refractivity contribution in [3.63, 3.8) is 0 Å². The fourth-order valence-corrected chi connectivity index (χ4v) is 4.94. The molecule has 8 heteroatoms. The highest BCUT2D eigenvalue weighted by Gasteiger charge is 2.45. The van der Waals surface area contributed by atoms with Crippen LogP contribution in [-0.4, -0.2) is 38.9 Å². The molecule has 1 N–H and O–H groups in total. The molecule has 3 rings (SSSR count). The number of benzene rings is 1. The van der Waals surface area contributed by atoms with Gasteiger partial charge in [0.05, 0.1) is 0 Å². The average Bonchev–Trinajstić information content (AvgIpc) is 3.04. The van der Waals surface area contributed by atoms with E-state index in [1.807, 2.05) is 0 Å². The highest BCUT2D eigenvalue weighted by atomic mass is 35.5. The van der Waals surface area contributed by atoms with E-state index < -0.39 is 15.8 Å². The summed E-state index contributed by atoms with van der Waals surface area (Å²) in [6.07, 6.45) is 1.79. The first kappa shape index (κ1) is 17.0. The molecule has 4 nitrogen and oxygen atoms in total. The van der Waals surface area contributed by atoms with E-state index in [1.165, 1.54) is 16.4 Å². The fourth-order valence-electron chi connectivity index (χ4n) is 3.06. The van der Waals surface area contributed by atoms with E-state index in [4.69, 9.17) is 11.6 Å². The lowest BCUT2D eigenvalue weighted by Gasteiger charge is -2.22. The third-order valence-electron chi connectivity index (χ3n) is 4.25. The van der Waals surface area contributed by atoms with Gasteiger partial charge in [-0.3, -0.25) is 0 Å². The minimum absolute atomic E-state index is 0. The molecule has 118 valence electrons. The van der Waals surface area contributed by atoms with Crippen LogP contribution in [0, 0.1) is 11.2 Å². The molecule has 0 radical (unpaired) electrons. The van der Waals surface area contributed by atoms with Gasteiger partial charge in [-0.05, 0) is 43.0 Å². The van der Waals surface area contributed by atoms with Crippen molar-refractivity contribution in [2.45, 2.75) is 17.7 Å². The van der Waals surface area contributed by atoms with Gasteiger partial charge in [0.25, 0.3) is 0 Å². The van der Waals surface area contributed by atoms with Gasteiger partial charge in [0.2, 0.25) is 10.0 Å². The van der Waals surface area contributed by atoms with Crippen molar-refractivity contribution >= 4 is 34.0 Å². The molecule has 2 heterocycles. The van der Waals surface area contributed by atoms with Crippen molar-refractivity contribution in [3.05, 3.63) is 29.0 Å². The topological polar surface area (TPSA) is 49.4 Å². The molecule has 21 heavy (non-hydrogen) atoms. The van der Waals surface area contributed by atoms with Gasteiger partial charge in [-0.1, -0.05) is 11.6 Å². The second-order valence-electron chi connectivity index (χ2n) is 5.59. The van der Waals surface area contributed by atoms with Crippen molar-refractivity contribution in [2.24, 2.45) is 5.41 Å². The Balaban J connectivity index is 0.00000161. The zero-order valence-corrected chi connectivity index (χ0v) is 13.7. The molecule has 1 atom stereocenters. The molecule has 1 aromatic rings. The molecule has 0 saturated carbocycles. The van der Waals surface area contributed by atoms with Crippen LogP contribution in [0.5, 0.6) is 0 Å². The minimum atomic E-state index is -3.81. The largest absolute Gasteiger partial charge is 0.316 e. The first-order valence-electron chi connectivity index (χ1n) is 6.59. The zero-order chi connectivity index (χ0) is 14.4. The summed E-state index contributed by atoms with van der Waals surface area (Å²) in [7, 11) is -3.81. The Bertz CT molecular complexity index is 633. The maximum Gasteiger partial charge on any atom is 0.246 e. The van der Waals surface area contributed by atoms with Crippen molar-refractivity contribution in [3.8, 4) is 0 Å². The minimum Gasteiger partial charge on any atom is -0.316 e. The Morgan fingerprint density at radius 3 is 2.76 bits per heavy atom. The monoisotopic (exact) mass is 354 g/mol. The molecule has 0 bridgehead atoms. The van der Waals surface area contributed by atoms with E-state index in [-0.39, 0.29) is 27.7 Å². The smallest absolute Gasteiger partial charge is 0.246 e. The van der Waals surface area contributed by atoms with Crippen LogP contribution in [0.25, 0.3) is 0 Å². The van der Waals surface area contributed by atoms with Gasteiger partial charge >= 0.3 is 0 Å². The summed E-state index contributed by atoms with van der Waals surface area (Å²) in [5.41, 5.74) is 0.0160. The molecule has 0 amide bonds. The third-order valence-corrected chi connectivity index (χ3v) is 6.34. The summed E-state index contributed by atoms with van der Waals surface area (Å²) in [5, 5.41) is 3.49. The maximum atomic E-state index is 13.8. The summed E-state index contributed by atoms with van der Waals surface area (Å²) in [5.74, 6) is -0.750. The van der Waals surface area contributed by atoms with Crippen molar-refractivity contribution in [1.82, 2.24) is 9.62 Å². The SMILES string of the molecule is Cl.O=S(=O)(c1cc(Cl)ccc1F)N1CCC2(CCNC2)C1. The fraction of sp³-hybridized carbons (Fsp3) is 0.538. The predicted octanol–water partition coefficient (Wildman–Crippen LogP) is 2.28. The quantitative estimate of drug-likeness (QED) is 0.886. The van der Waals surface area contributed by atoms with E-state index in [2.05, 4.69) is 5.32 Å². The second kappa shape index (κ2) is 6.01. The molecule has 2 saturated heterocycles. The van der Waals surface area contributed by atoms with Crippen LogP contribution in [0.1, 0.15) is 12.8 Å². The molecule has 0 aromatic heterocycles. The summed E-state index contributed by atoms with van der Waals surface area (Å²) in [6.45, 7) is 2.64. The summed E-state index contributed by atoms with van der Waals surface area (Å²) in [6, 6.07) is 3.63.